The Morgan fingerprint density at radius 3 is 2.71 bits per heavy atom. The summed E-state index contributed by atoms with van der Waals surface area (Å²) < 4.78 is 0. The fourth-order valence-electron chi connectivity index (χ4n) is 2.13. The fraction of sp³-hybridized carbons (Fsp3) is 0.133. The van der Waals surface area contributed by atoms with Gasteiger partial charge in [0, 0.05) is 10.8 Å². The zero-order valence-corrected chi connectivity index (χ0v) is 10.3. The summed E-state index contributed by atoms with van der Waals surface area (Å²) in [5.74, 6) is 0. The lowest BCUT2D eigenvalue weighted by Crippen LogP contribution is -1.87. The highest BCUT2D eigenvalue weighted by molar-refractivity contribution is 6.36. The van der Waals surface area contributed by atoms with E-state index in [9.17, 15) is 0 Å². The minimum absolute atomic E-state index is 0.836. The predicted octanol–water partition coefficient (Wildman–Crippen LogP) is 4.60. The van der Waals surface area contributed by atoms with Crippen LogP contribution in [0.3, 0.4) is 0 Å². The number of aryl methyl sites for hydroxylation is 1. The molecular formula is C15H12ClN. The molecule has 0 spiro atoms. The van der Waals surface area contributed by atoms with E-state index in [0.717, 1.165) is 33.2 Å². The minimum atomic E-state index is 0.836. The standard InChI is InChI=1S/C15H12ClN/c1-2-10-7-8-14-12(15(10)16)9-11-5-3-4-6-13(11)17-14/h3-9H,2H2,1H3. The normalized spacial score (nSPS) is 11.2. The SMILES string of the molecule is CCc1ccc2nc3ccccc3cc2c1Cl. The third-order valence-electron chi connectivity index (χ3n) is 3.10. The molecule has 0 unspecified atom stereocenters. The monoisotopic (exact) mass is 241 g/mol. The van der Waals surface area contributed by atoms with E-state index < -0.39 is 0 Å². The van der Waals surface area contributed by atoms with E-state index in [1.54, 1.807) is 0 Å². The number of fused-ring (bicyclic) bond motifs is 2. The molecule has 84 valence electrons. The molecule has 0 aliphatic carbocycles. The molecule has 0 radical (unpaired) electrons. The van der Waals surface area contributed by atoms with Crippen molar-refractivity contribution in [3.05, 3.63) is 53.1 Å². The Labute approximate surface area is 105 Å². The van der Waals surface area contributed by atoms with Crippen LogP contribution in [0.15, 0.2) is 42.5 Å². The lowest BCUT2D eigenvalue weighted by atomic mass is 10.1. The number of para-hydroxylation sites is 1. The van der Waals surface area contributed by atoms with Crippen molar-refractivity contribution in [1.82, 2.24) is 4.98 Å². The highest BCUT2D eigenvalue weighted by Gasteiger charge is 2.06. The van der Waals surface area contributed by atoms with Crippen LogP contribution in [0.25, 0.3) is 21.8 Å². The molecule has 0 bridgehead atoms. The van der Waals surface area contributed by atoms with Crippen LogP contribution in [0, 0.1) is 0 Å². The van der Waals surface area contributed by atoms with Gasteiger partial charge < -0.3 is 0 Å². The Kier molecular flexibility index (Phi) is 2.49. The third-order valence-corrected chi connectivity index (χ3v) is 3.54. The molecule has 0 aliphatic heterocycles. The van der Waals surface area contributed by atoms with E-state index in [1.165, 1.54) is 5.56 Å². The van der Waals surface area contributed by atoms with Crippen LogP contribution in [0.1, 0.15) is 12.5 Å². The first-order valence-corrected chi connectivity index (χ1v) is 6.14. The van der Waals surface area contributed by atoms with E-state index in [4.69, 9.17) is 11.6 Å². The van der Waals surface area contributed by atoms with E-state index in [0.29, 0.717) is 0 Å². The fourth-order valence-corrected chi connectivity index (χ4v) is 2.48. The average molecular weight is 242 g/mol. The molecule has 3 aromatic rings. The molecule has 1 heterocycles. The van der Waals surface area contributed by atoms with Crippen LogP contribution >= 0.6 is 11.6 Å². The van der Waals surface area contributed by atoms with Gasteiger partial charge in [0.15, 0.2) is 0 Å². The number of halogens is 1. The summed E-state index contributed by atoms with van der Waals surface area (Å²) in [5, 5.41) is 3.02. The summed E-state index contributed by atoms with van der Waals surface area (Å²) >= 11 is 6.40. The van der Waals surface area contributed by atoms with E-state index in [1.807, 2.05) is 24.3 Å². The van der Waals surface area contributed by atoms with Crippen LogP contribution in [0.2, 0.25) is 5.02 Å². The smallest absolute Gasteiger partial charge is 0.0724 e. The second-order valence-corrected chi connectivity index (χ2v) is 4.52. The summed E-state index contributed by atoms with van der Waals surface area (Å²) in [7, 11) is 0. The topological polar surface area (TPSA) is 12.9 Å². The summed E-state index contributed by atoms with van der Waals surface area (Å²) in [6, 6.07) is 14.3. The van der Waals surface area contributed by atoms with Gasteiger partial charge in [0.25, 0.3) is 0 Å². The van der Waals surface area contributed by atoms with Crippen LogP contribution in [-0.4, -0.2) is 4.98 Å². The van der Waals surface area contributed by atoms with Gasteiger partial charge in [-0.25, -0.2) is 4.98 Å². The number of nitrogens with zero attached hydrogens (tertiary/aromatic N) is 1. The van der Waals surface area contributed by atoms with Crippen LogP contribution in [0.4, 0.5) is 0 Å². The lowest BCUT2D eigenvalue weighted by Gasteiger charge is -2.06. The molecule has 0 saturated carbocycles. The molecule has 3 rings (SSSR count). The molecule has 17 heavy (non-hydrogen) atoms. The van der Waals surface area contributed by atoms with Crippen molar-refractivity contribution in [2.24, 2.45) is 0 Å². The molecule has 0 fully saturated rings. The van der Waals surface area contributed by atoms with Crippen molar-refractivity contribution < 1.29 is 0 Å². The molecule has 1 nitrogen and oxygen atoms in total. The summed E-state index contributed by atoms with van der Waals surface area (Å²) in [5.41, 5.74) is 3.16. The highest BCUT2D eigenvalue weighted by Crippen LogP contribution is 2.29. The van der Waals surface area contributed by atoms with Crippen LogP contribution < -0.4 is 0 Å². The van der Waals surface area contributed by atoms with Gasteiger partial charge in [-0.15, -0.1) is 0 Å². The molecule has 0 atom stereocenters. The Balaban J connectivity index is 2.44. The Hall–Kier alpha value is -1.60. The maximum absolute atomic E-state index is 6.40. The van der Waals surface area contributed by atoms with E-state index >= 15 is 0 Å². The number of hydrogen-bond donors (Lipinski definition) is 0. The van der Waals surface area contributed by atoms with Gasteiger partial charge in [0.05, 0.1) is 16.1 Å². The van der Waals surface area contributed by atoms with Gasteiger partial charge in [-0.1, -0.05) is 42.8 Å². The first-order chi connectivity index (χ1) is 8.29. The van der Waals surface area contributed by atoms with E-state index in [-0.39, 0.29) is 0 Å². The van der Waals surface area contributed by atoms with Crippen molar-refractivity contribution in [2.75, 3.05) is 0 Å². The summed E-state index contributed by atoms with van der Waals surface area (Å²) in [6.07, 6.45) is 0.946. The molecule has 0 saturated heterocycles. The third kappa shape index (κ3) is 1.67. The lowest BCUT2D eigenvalue weighted by molar-refractivity contribution is 1.15. The van der Waals surface area contributed by atoms with E-state index in [2.05, 4.69) is 30.1 Å². The number of hydrogen-bond acceptors (Lipinski definition) is 1. The Bertz CT molecular complexity index is 704. The van der Waals surface area contributed by atoms with Crippen molar-refractivity contribution >= 4 is 33.4 Å². The molecular weight excluding hydrogens is 230 g/mol. The van der Waals surface area contributed by atoms with Gasteiger partial charge in [-0.2, -0.15) is 0 Å². The quantitative estimate of drug-likeness (QED) is 0.567. The van der Waals surface area contributed by atoms with Gasteiger partial charge in [0.1, 0.15) is 0 Å². The molecule has 2 aromatic carbocycles. The van der Waals surface area contributed by atoms with Crippen molar-refractivity contribution in [1.29, 1.82) is 0 Å². The minimum Gasteiger partial charge on any atom is -0.248 e. The number of rotatable bonds is 1. The first kappa shape index (κ1) is 10.5. The van der Waals surface area contributed by atoms with Crippen LogP contribution in [0.5, 0.6) is 0 Å². The molecule has 2 heteroatoms. The second kappa shape index (κ2) is 4.01. The maximum atomic E-state index is 6.40. The molecule has 0 aliphatic rings. The predicted molar refractivity (Wildman–Crippen MR) is 73.6 cm³/mol. The van der Waals surface area contributed by atoms with Gasteiger partial charge in [-0.05, 0) is 30.2 Å². The maximum Gasteiger partial charge on any atom is 0.0724 e. The van der Waals surface area contributed by atoms with Gasteiger partial charge >= 0.3 is 0 Å². The Morgan fingerprint density at radius 2 is 1.88 bits per heavy atom. The average Bonchev–Trinajstić information content (AvgIpc) is 2.37. The Morgan fingerprint density at radius 1 is 1.06 bits per heavy atom. The highest BCUT2D eigenvalue weighted by atomic mass is 35.5. The molecule has 1 aromatic heterocycles. The number of aromatic nitrogens is 1. The van der Waals surface area contributed by atoms with Crippen molar-refractivity contribution in [3.63, 3.8) is 0 Å². The zero-order chi connectivity index (χ0) is 11.8. The largest absolute Gasteiger partial charge is 0.248 e. The summed E-state index contributed by atoms with van der Waals surface area (Å²) in [6.45, 7) is 2.11. The number of benzene rings is 2. The van der Waals surface area contributed by atoms with Crippen LogP contribution in [-0.2, 0) is 6.42 Å². The number of pyridine rings is 1. The molecule has 0 N–H and O–H groups in total. The first-order valence-electron chi connectivity index (χ1n) is 5.76. The van der Waals surface area contributed by atoms with Crippen molar-refractivity contribution in [2.45, 2.75) is 13.3 Å². The second-order valence-electron chi connectivity index (χ2n) is 4.14. The molecule has 0 amide bonds. The zero-order valence-electron chi connectivity index (χ0n) is 9.57. The van der Waals surface area contributed by atoms with Crippen molar-refractivity contribution in [3.8, 4) is 0 Å². The summed E-state index contributed by atoms with van der Waals surface area (Å²) in [4.78, 5) is 4.63. The van der Waals surface area contributed by atoms with Gasteiger partial charge in [0.2, 0.25) is 0 Å². The van der Waals surface area contributed by atoms with Gasteiger partial charge in [-0.3, -0.25) is 0 Å².